The van der Waals surface area contributed by atoms with E-state index in [1.165, 1.54) is 0 Å². The Morgan fingerprint density at radius 3 is 2.48 bits per heavy atom. The molecule has 3 aromatic heterocycles. The molecule has 0 radical (unpaired) electrons. The summed E-state index contributed by atoms with van der Waals surface area (Å²) in [7, 11) is 0. The maximum atomic E-state index is 13.3. The Hall–Kier alpha value is -3.41. The molecule has 12 heteroatoms. The van der Waals surface area contributed by atoms with Crippen molar-refractivity contribution in [2.45, 2.75) is 44.2 Å². The van der Waals surface area contributed by atoms with E-state index in [1.807, 2.05) is 17.9 Å². The van der Waals surface area contributed by atoms with Gasteiger partial charge in [-0.25, -0.2) is 14.4 Å². The third-order valence-corrected chi connectivity index (χ3v) is 5.47. The van der Waals surface area contributed by atoms with E-state index in [1.54, 1.807) is 0 Å². The molecule has 11 nitrogen and oxygen atoms in total. The summed E-state index contributed by atoms with van der Waals surface area (Å²) in [6.07, 6.45) is 4.91. The molecular weight excluding hydrogens is 403 g/mol. The molecule has 0 unspecified atom stereocenters. The molecule has 0 aromatic carbocycles. The molecule has 1 saturated heterocycles. The summed E-state index contributed by atoms with van der Waals surface area (Å²) >= 11 is 0. The van der Waals surface area contributed by atoms with Crippen LogP contribution in [0.15, 0.2) is 18.5 Å². The molecule has 1 aliphatic heterocycles. The number of hydrogen-bond acceptors (Lipinski definition) is 10. The van der Waals surface area contributed by atoms with Gasteiger partial charge in [0.2, 0.25) is 17.8 Å². The molecule has 5 rings (SSSR count). The second kappa shape index (κ2) is 7.69. The lowest BCUT2D eigenvalue weighted by Gasteiger charge is -2.30. The lowest BCUT2D eigenvalue weighted by molar-refractivity contribution is 0.145. The fourth-order valence-corrected chi connectivity index (χ4v) is 3.58. The molecule has 31 heavy (non-hydrogen) atoms. The third-order valence-electron chi connectivity index (χ3n) is 5.47. The second-order valence-corrected chi connectivity index (χ2v) is 7.99. The smallest absolute Gasteiger partial charge is 0.235 e. The van der Waals surface area contributed by atoms with Crippen molar-refractivity contribution in [1.82, 2.24) is 35.1 Å². The van der Waals surface area contributed by atoms with Gasteiger partial charge in [0.15, 0.2) is 17.5 Å². The largest absolute Gasteiger partial charge is 0.393 e. The fourth-order valence-electron chi connectivity index (χ4n) is 3.58. The minimum absolute atomic E-state index is 0.300. The highest BCUT2D eigenvalue weighted by molar-refractivity contribution is 5.53. The Kier molecular flexibility index (Phi) is 4.85. The van der Waals surface area contributed by atoms with Crippen molar-refractivity contribution in [3.63, 3.8) is 0 Å². The van der Waals surface area contributed by atoms with Crippen molar-refractivity contribution >= 4 is 23.7 Å². The van der Waals surface area contributed by atoms with E-state index in [2.05, 4.69) is 45.8 Å². The van der Waals surface area contributed by atoms with E-state index in [-0.39, 0.29) is 6.10 Å². The monoisotopic (exact) mass is 426 g/mol. The van der Waals surface area contributed by atoms with Crippen LogP contribution in [0.4, 0.5) is 28.1 Å². The van der Waals surface area contributed by atoms with E-state index in [0.717, 1.165) is 30.9 Å². The first kappa shape index (κ1) is 19.5. The number of aliphatic hydroxyl groups is 1. The summed E-state index contributed by atoms with van der Waals surface area (Å²) in [6, 6.07) is 1.85. The molecular formula is C19H23FN10O. The lowest BCUT2D eigenvalue weighted by atomic mass is 10.1. The topological polar surface area (TPSA) is 141 Å². The van der Waals surface area contributed by atoms with E-state index >= 15 is 0 Å². The van der Waals surface area contributed by atoms with Crippen LogP contribution in [0.3, 0.4) is 0 Å². The van der Waals surface area contributed by atoms with E-state index in [9.17, 15) is 9.50 Å². The quantitative estimate of drug-likeness (QED) is 0.460. The number of anilines is 4. The Morgan fingerprint density at radius 1 is 1.13 bits per heavy atom. The van der Waals surface area contributed by atoms with Crippen molar-refractivity contribution in [1.29, 1.82) is 0 Å². The van der Waals surface area contributed by atoms with Crippen molar-refractivity contribution in [3.05, 3.63) is 35.8 Å². The van der Waals surface area contributed by atoms with Crippen molar-refractivity contribution in [3.8, 4) is 0 Å². The molecule has 4 heterocycles. The van der Waals surface area contributed by atoms with Gasteiger partial charge in [-0.3, -0.25) is 5.10 Å². The Morgan fingerprint density at radius 2 is 1.84 bits per heavy atom. The van der Waals surface area contributed by atoms with Crippen LogP contribution < -0.4 is 15.5 Å². The lowest BCUT2D eigenvalue weighted by Crippen LogP contribution is -2.37. The molecule has 4 N–H and O–H groups in total. The Bertz CT molecular complexity index is 1060. The van der Waals surface area contributed by atoms with Crippen LogP contribution in [0, 0.1) is 12.7 Å². The zero-order valence-corrected chi connectivity index (χ0v) is 17.0. The standard InChI is InChI=1S/C19H23FN10O/c1-11-8-14(29-28-11)23-16-24-17(26-18(25-16)30-6-2-13(31)3-7-30)27-19(4-5-19)15-21-9-12(20)10-22-15/h8-10,13,31H,2-7H2,1H3,(H3,23,24,25,26,27,28,29). The van der Waals surface area contributed by atoms with Crippen molar-refractivity contribution in [2.24, 2.45) is 0 Å². The van der Waals surface area contributed by atoms with Crippen LogP contribution in [0.25, 0.3) is 0 Å². The van der Waals surface area contributed by atoms with Gasteiger partial charge in [0.1, 0.15) is 5.54 Å². The molecule has 0 atom stereocenters. The first-order chi connectivity index (χ1) is 15.0. The van der Waals surface area contributed by atoms with Crippen LogP contribution in [-0.4, -0.2) is 59.4 Å². The Balaban J connectivity index is 1.44. The predicted molar refractivity (Wildman–Crippen MR) is 110 cm³/mol. The van der Waals surface area contributed by atoms with Gasteiger partial charge in [-0.15, -0.1) is 0 Å². The van der Waals surface area contributed by atoms with Gasteiger partial charge < -0.3 is 20.6 Å². The second-order valence-electron chi connectivity index (χ2n) is 7.99. The fraction of sp³-hybridized carbons (Fsp3) is 0.474. The van der Waals surface area contributed by atoms with Gasteiger partial charge in [0, 0.05) is 24.8 Å². The number of aryl methyl sites for hydroxylation is 1. The summed E-state index contributed by atoms with van der Waals surface area (Å²) in [6.45, 7) is 3.21. The molecule has 0 amide bonds. The third kappa shape index (κ3) is 4.24. The maximum absolute atomic E-state index is 13.3. The SMILES string of the molecule is Cc1cc(Nc2nc(NC3(c4ncc(F)cn4)CC3)nc(N3CCC(O)CC3)n2)n[nH]1. The number of aromatic nitrogens is 7. The first-order valence-corrected chi connectivity index (χ1v) is 10.2. The number of H-pyrrole nitrogens is 1. The maximum Gasteiger partial charge on any atom is 0.235 e. The number of halogens is 1. The molecule has 3 aromatic rings. The molecule has 0 spiro atoms. The average Bonchev–Trinajstić information content (AvgIpc) is 3.42. The van der Waals surface area contributed by atoms with Crippen LogP contribution in [-0.2, 0) is 5.54 Å². The highest BCUT2D eigenvalue weighted by Gasteiger charge is 2.48. The summed E-state index contributed by atoms with van der Waals surface area (Å²) in [4.78, 5) is 24.0. The zero-order chi connectivity index (χ0) is 21.4. The predicted octanol–water partition coefficient (Wildman–Crippen LogP) is 1.64. The number of aromatic amines is 1. The first-order valence-electron chi connectivity index (χ1n) is 10.2. The summed E-state index contributed by atoms with van der Waals surface area (Å²) in [5, 5.41) is 23.3. The average molecular weight is 426 g/mol. The zero-order valence-electron chi connectivity index (χ0n) is 17.0. The molecule has 0 bridgehead atoms. The summed E-state index contributed by atoms with van der Waals surface area (Å²) < 4.78 is 13.3. The number of piperidine rings is 1. The number of nitrogens with one attached hydrogen (secondary N) is 3. The number of rotatable bonds is 6. The van der Waals surface area contributed by atoms with Gasteiger partial charge in [-0.05, 0) is 32.6 Å². The van der Waals surface area contributed by atoms with Gasteiger partial charge in [0.05, 0.1) is 18.5 Å². The molecule has 2 fully saturated rings. The molecule has 1 aliphatic carbocycles. The molecule has 1 saturated carbocycles. The minimum atomic E-state index is -0.523. The molecule has 2 aliphatic rings. The van der Waals surface area contributed by atoms with Gasteiger partial charge in [-0.2, -0.15) is 20.1 Å². The molecule has 162 valence electrons. The Labute approximate surface area is 177 Å². The van der Waals surface area contributed by atoms with E-state index in [4.69, 9.17) is 0 Å². The van der Waals surface area contributed by atoms with Crippen LogP contribution in [0.2, 0.25) is 0 Å². The van der Waals surface area contributed by atoms with Gasteiger partial charge in [0.25, 0.3) is 0 Å². The summed E-state index contributed by atoms with van der Waals surface area (Å²) in [5.74, 6) is 1.86. The van der Waals surface area contributed by atoms with Crippen LogP contribution >= 0.6 is 0 Å². The number of nitrogens with zero attached hydrogens (tertiary/aromatic N) is 7. The van der Waals surface area contributed by atoms with E-state index in [0.29, 0.717) is 55.4 Å². The normalized spacial score (nSPS) is 18.1. The van der Waals surface area contributed by atoms with Gasteiger partial charge >= 0.3 is 0 Å². The minimum Gasteiger partial charge on any atom is -0.393 e. The van der Waals surface area contributed by atoms with Gasteiger partial charge in [-0.1, -0.05) is 0 Å². The van der Waals surface area contributed by atoms with Crippen LogP contribution in [0.5, 0.6) is 0 Å². The van der Waals surface area contributed by atoms with Crippen molar-refractivity contribution in [2.75, 3.05) is 28.6 Å². The van der Waals surface area contributed by atoms with Crippen molar-refractivity contribution < 1.29 is 9.50 Å². The van der Waals surface area contributed by atoms with Crippen LogP contribution in [0.1, 0.15) is 37.2 Å². The highest BCUT2D eigenvalue weighted by Crippen LogP contribution is 2.46. The van der Waals surface area contributed by atoms with E-state index < -0.39 is 11.4 Å². The number of hydrogen-bond donors (Lipinski definition) is 4. The number of aliphatic hydroxyl groups excluding tert-OH is 1. The highest BCUT2D eigenvalue weighted by atomic mass is 19.1. The summed E-state index contributed by atoms with van der Waals surface area (Å²) in [5.41, 5.74) is 0.385.